The molecule has 158 valence electrons. The highest BCUT2D eigenvalue weighted by Crippen LogP contribution is 2.36. The van der Waals surface area contributed by atoms with Crippen LogP contribution in [0.25, 0.3) is 0 Å². The number of urea groups is 1. The highest BCUT2D eigenvalue weighted by molar-refractivity contribution is 6.01. The third-order valence-corrected chi connectivity index (χ3v) is 4.49. The lowest BCUT2D eigenvalue weighted by atomic mass is 10.1. The van der Waals surface area contributed by atoms with Crippen molar-refractivity contribution in [2.24, 2.45) is 17.6 Å². The van der Waals surface area contributed by atoms with E-state index in [0.717, 1.165) is 0 Å². The van der Waals surface area contributed by atoms with Crippen LogP contribution >= 0.6 is 0 Å². The van der Waals surface area contributed by atoms with Crippen molar-refractivity contribution in [2.75, 3.05) is 25.7 Å². The minimum atomic E-state index is -1.20. The Hall–Kier alpha value is -3.30. The molecule has 1 aromatic carbocycles. The number of hydrogen-bond acceptors (Lipinski definition) is 7. The number of nitrogens with two attached hydrogens (primary N) is 1. The molecule has 10 heteroatoms. The first-order chi connectivity index (χ1) is 13.7. The molecule has 0 spiro atoms. The molecular formula is C19H25N3O7. The summed E-state index contributed by atoms with van der Waals surface area (Å²) >= 11 is 0. The SMILES string of the molecule is COc1ccc(N2C[C@@H](C(=O)O[C@@H](C(=O)NC(N)=O)C(C)C)CC2=O)c(OC)c1. The molecule has 2 atom stereocenters. The summed E-state index contributed by atoms with van der Waals surface area (Å²) in [7, 11) is 2.98. The number of benzene rings is 1. The molecule has 0 unspecified atom stereocenters. The molecule has 4 amide bonds. The average molecular weight is 407 g/mol. The van der Waals surface area contributed by atoms with Crippen LogP contribution in [0.1, 0.15) is 20.3 Å². The maximum absolute atomic E-state index is 12.6. The summed E-state index contributed by atoms with van der Waals surface area (Å²) in [4.78, 5) is 49.5. The van der Waals surface area contributed by atoms with Crippen LogP contribution in [0.5, 0.6) is 11.5 Å². The summed E-state index contributed by atoms with van der Waals surface area (Å²) in [5.74, 6) is -1.96. The van der Waals surface area contributed by atoms with Crippen molar-refractivity contribution in [3.63, 3.8) is 0 Å². The molecule has 1 aliphatic heterocycles. The number of imide groups is 1. The second-order valence-electron chi connectivity index (χ2n) is 6.90. The first kappa shape index (κ1) is 22.0. The second kappa shape index (κ2) is 9.26. The smallest absolute Gasteiger partial charge is 0.318 e. The number of nitrogens with one attached hydrogen (secondary N) is 1. The number of esters is 1. The Bertz CT molecular complexity index is 809. The molecule has 10 nitrogen and oxygen atoms in total. The summed E-state index contributed by atoms with van der Waals surface area (Å²) in [5.41, 5.74) is 5.45. The number of hydrogen-bond donors (Lipinski definition) is 2. The Kier molecular flexibility index (Phi) is 7.03. The van der Waals surface area contributed by atoms with Gasteiger partial charge >= 0.3 is 12.0 Å². The lowest BCUT2D eigenvalue weighted by molar-refractivity contribution is -0.161. The lowest BCUT2D eigenvalue weighted by Gasteiger charge is -2.22. The fourth-order valence-electron chi connectivity index (χ4n) is 3.01. The van der Waals surface area contributed by atoms with Crippen molar-refractivity contribution in [1.82, 2.24) is 5.32 Å². The summed E-state index contributed by atoms with van der Waals surface area (Å²) in [6, 6.07) is 3.95. The molecule has 2 rings (SSSR count). The van der Waals surface area contributed by atoms with Crippen molar-refractivity contribution in [1.29, 1.82) is 0 Å². The molecule has 3 N–H and O–H groups in total. The summed E-state index contributed by atoms with van der Waals surface area (Å²) in [5, 5.41) is 1.91. The molecule has 0 radical (unpaired) electrons. The van der Waals surface area contributed by atoms with Crippen molar-refractivity contribution in [3.8, 4) is 11.5 Å². The molecule has 0 aliphatic carbocycles. The number of carbonyl (C=O) groups excluding carboxylic acids is 4. The van der Waals surface area contributed by atoms with Gasteiger partial charge in [0.25, 0.3) is 5.91 Å². The van der Waals surface area contributed by atoms with Gasteiger partial charge in [-0.05, 0) is 18.1 Å². The minimum Gasteiger partial charge on any atom is -0.497 e. The van der Waals surface area contributed by atoms with Crippen LogP contribution in [0.4, 0.5) is 10.5 Å². The standard InChI is InChI=1S/C19H25N3O7/c1-10(2)16(17(24)21-19(20)26)29-18(25)11-7-15(23)22(9-11)13-6-5-12(27-3)8-14(13)28-4/h5-6,8,10-11,16H,7,9H2,1-4H3,(H3,20,21,24,26)/t11-,16+/m0/s1. The van der Waals surface area contributed by atoms with E-state index in [1.807, 2.05) is 5.32 Å². The van der Waals surface area contributed by atoms with E-state index in [2.05, 4.69) is 0 Å². The summed E-state index contributed by atoms with van der Waals surface area (Å²) in [6.45, 7) is 3.39. The highest BCUT2D eigenvalue weighted by atomic mass is 16.5. The van der Waals surface area contributed by atoms with E-state index in [1.165, 1.54) is 19.1 Å². The second-order valence-corrected chi connectivity index (χ2v) is 6.90. The number of anilines is 1. The zero-order valence-electron chi connectivity index (χ0n) is 16.8. The Balaban J connectivity index is 2.14. The van der Waals surface area contributed by atoms with E-state index >= 15 is 0 Å². The van der Waals surface area contributed by atoms with Crippen molar-refractivity contribution in [2.45, 2.75) is 26.4 Å². The first-order valence-corrected chi connectivity index (χ1v) is 9.01. The number of methoxy groups -OCH3 is 2. The molecule has 1 fully saturated rings. The van der Waals surface area contributed by atoms with Crippen LogP contribution in [-0.4, -0.2) is 50.7 Å². The van der Waals surface area contributed by atoms with Gasteiger partial charge < -0.3 is 24.8 Å². The fraction of sp³-hybridized carbons (Fsp3) is 0.474. The summed E-state index contributed by atoms with van der Waals surface area (Å²) in [6.07, 6.45) is -1.27. The fourth-order valence-corrected chi connectivity index (χ4v) is 3.01. The lowest BCUT2D eigenvalue weighted by Crippen LogP contribution is -2.46. The van der Waals surface area contributed by atoms with Crippen molar-refractivity contribution >= 4 is 29.5 Å². The molecule has 1 heterocycles. The number of nitrogens with zero attached hydrogens (tertiary/aromatic N) is 1. The number of rotatable bonds is 7. The Morgan fingerprint density at radius 2 is 1.90 bits per heavy atom. The molecule has 1 aromatic rings. The molecular weight excluding hydrogens is 382 g/mol. The minimum absolute atomic E-state index is 0.0720. The molecule has 0 saturated carbocycles. The largest absolute Gasteiger partial charge is 0.497 e. The van der Waals surface area contributed by atoms with Crippen molar-refractivity contribution in [3.05, 3.63) is 18.2 Å². The molecule has 1 aliphatic rings. The number of ether oxygens (including phenoxy) is 3. The van der Waals surface area contributed by atoms with Gasteiger partial charge in [-0.3, -0.25) is 19.7 Å². The maximum atomic E-state index is 12.6. The topological polar surface area (TPSA) is 137 Å². The van der Waals surface area contributed by atoms with Gasteiger partial charge in [0.15, 0.2) is 6.10 Å². The predicted molar refractivity (Wildman–Crippen MR) is 102 cm³/mol. The highest BCUT2D eigenvalue weighted by Gasteiger charge is 2.39. The molecule has 29 heavy (non-hydrogen) atoms. The van der Waals surface area contributed by atoms with Crippen LogP contribution in [0.2, 0.25) is 0 Å². The zero-order chi connectivity index (χ0) is 21.7. The van der Waals surface area contributed by atoms with Gasteiger partial charge in [-0.2, -0.15) is 0 Å². The Morgan fingerprint density at radius 3 is 2.45 bits per heavy atom. The van der Waals surface area contributed by atoms with Gasteiger partial charge in [0.1, 0.15) is 11.5 Å². The van der Waals surface area contributed by atoms with E-state index in [-0.39, 0.29) is 18.9 Å². The molecule has 0 aromatic heterocycles. The predicted octanol–water partition coefficient (Wildman–Crippen LogP) is 0.819. The van der Waals surface area contributed by atoms with Gasteiger partial charge in [-0.15, -0.1) is 0 Å². The van der Waals surface area contributed by atoms with Crippen LogP contribution in [0, 0.1) is 11.8 Å². The Morgan fingerprint density at radius 1 is 1.21 bits per heavy atom. The average Bonchev–Trinajstić information content (AvgIpc) is 3.05. The number of carbonyl (C=O) groups is 4. The van der Waals surface area contributed by atoms with Crippen LogP contribution in [0.3, 0.4) is 0 Å². The molecule has 1 saturated heterocycles. The normalized spacial score (nSPS) is 17.1. The maximum Gasteiger partial charge on any atom is 0.318 e. The molecule has 0 bridgehead atoms. The quantitative estimate of drug-likeness (QED) is 0.638. The van der Waals surface area contributed by atoms with E-state index in [0.29, 0.717) is 17.2 Å². The van der Waals surface area contributed by atoms with Gasteiger partial charge in [-0.25, -0.2) is 4.79 Å². The van der Waals surface area contributed by atoms with Gasteiger partial charge in [0, 0.05) is 19.0 Å². The number of primary amides is 1. The summed E-state index contributed by atoms with van der Waals surface area (Å²) < 4.78 is 15.8. The third-order valence-electron chi connectivity index (χ3n) is 4.49. The zero-order valence-corrected chi connectivity index (χ0v) is 16.8. The first-order valence-electron chi connectivity index (χ1n) is 9.01. The van der Waals surface area contributed by atoms with Gasteiger partial charge in [0.2, 0.25) is 5.91 Å². The monoisotopic (exact) mass is 407 g/mol. The van der Waals surface area contributed by atoms with Crippen LogP contribution < -0.4 is 25.4 Å². The third kappa shape index (κ3) is 5.15. The Labute approximate surface area is 168 Å². The number of amides is 4. The van der Waals surface area contributed by atoms with Gasteiger partial charge in [-0.1, -0.05) is 13.8 Å². The van der Waals surface area contributed by atoms with Crippen molar-refractivity contribution < 1.29 is 33.4 Å². The van der Waals surface area contributed by atoms with Crippen LogP contribution in [0.15, 0.2) is 18.2 Å². The van der Waals surface area contributed by atoms with Gasteiger partial charge in [0.05, 0.1) is 25.8 Å². The van der Waals surface area contributed by atoms with Crippen LogP contribution in [-0.2, 0) is 19.1 Å². The van der Waals surface area contributed by atoms with E-state index < -0.39 is 35.8 Å². The van der Waals surface area contributed by atoms with E-state index in [9.17, 15) is 19.2 Å². The van der Waals surface area contributed by atoms with E-state index in [4.69, 9.17) is 19.9 Å². The van der Waals surface area contributed by atoms with E-state index in [1.54, 1.807) is 32.0 Å².